The number of hydrazine groups is 1. The minimum Gasteiger partial charge on any atom is -0.468 e. The van der Waals surface area contributed by atoms with E-state index in [0.29, 0.717) is 5.76 Å². The summed E-state index contributed by atoms with van der Waals surface area (Å²) in [6.45, 7) is 0. The van der Waals surface area contributed by atoms with Gasteiger partial charge in [-0.15, -0.1) is 20.4 Å². The van der Waals surface area contributed by atoms with Gasteiger partial charge in [0, 0.05) is 0 Å². The number of carbonyl (C=O) groups is 1. The fraction of sp³-hybridized carbons (Fsp3) is 0.111. The van der Waals surface area contributed by atoms with Crippen molar-refractivity contribution in [1.82, 2.24) is 5.43 Å². The van der Waals surface area contributed by atoms with E-state index in [9.17, 15) is 14.9 Å². The number of nitrogens with zero attached hydrogens (tertiary/aromatic N) is 6. The van der Waals surface area contributed by atoms with Gasteiger partial charge >= 0.3 is 5.91 Å². The molecule has 2 aliphatic heterocycles. The average Bonchev–Trinajstić information content (AvgIpc) is 3.07. The molecule has 0 aliphatic carbocycles. The van der Waals surface area contributed by atoms with Gasteiger partial charge in [0.25, 0.3) is 0 Å². The van der Waals surface area contributed by atoms with Crippen LogP contribution in [0.25, 0.3) is 0 Å². The van der Waals surface area contributed by atoms with Gasteiger partial charge in [-0.3, -0.25) is 4.79 Å². The number of nitrogens with one attached hydrogen (secondary N) is 1. The molecule has 3 rings (SSSR count). The van der Waals surface area contributed by atoms with E-state index in [1.807, 2.05) is 0 Å². The normalized spacial score (nSPS) is 19.8. The van der Waals surface area contributed by atoms with Crippen molar-refractivity contribution in [2.75, 3.05) is 0 Å². The van der Waals surface area contributed by atoms with Crippen LogP contribution in [0, 0.1) is 10.1 Å². The highest BCUT2D eigenvalue weighted by atomic mass is 16.7. The van der Waals surface area contributed by atoms with Crippen LogP contribution in [0.5, 0.6) is 0 Å². The van der Waals surface area contributed by atoms with Crippen molar-refractivity contribution in [3.05, 3.63) is 34.3 Å². The molecule has 1 aromatic rings. The van der Waals surface area contributed by atoms with Crippen LogP contribution in [0.15, 0.2) is 48.5 Å². The van der Waals surface area contributed by atoms with E-state index in [4.69, 9.17) is 4.42 Å². The molecule has 11 nitrogen and oxygen atoms in total. The summed E-state index contributed by atoms with van der Waals surface area (Å²) >= 11 is 0. The maximum atomic E-state index is 11.8. The van der Waals surface area contributed by atoms with Gasteiger partial charge in [-0.1, -0.05) is 5.43 Å². The summed E-state index contributed by atoms with van der Waals surface area (Å²) < 4.78 is 5.22. The van der Waals surface area contributed by atoms with Crippen molar-refractivity contribution >= 4 is 23.2 Å². The Morgan fingerprint density at radius 3 is 2.95 bits per heavy atom. The summed E-state index contributed by atoms with van der Waals surface area (Å²) in [4.78, 5) is 22.2. The van der Waals surface area contributed by atoms with Crippen LogP contribution in [-0.4, -0.2) is 28.2 Å². The number of carbonyl (C=O) groups excluding carboxylic acids is 1. The third-order valence-electron chi connectivity index (χ3n) is 2.57. The predicted octanol–water partition coefficient (Wildman–Crippen LogP) is 0.261. The molecule has 20 heavy (non-hydrogen) atoms. The Morgan fingerprint density at radius 2 is 2.25 bits per heavy atom. The highest BCUT2D eigenvalue weighted by Gasteiger charge is 2.40. The maximum Gasteiger partial charge on any atom is 0.327 e. The summed E-state index contributed by atoms with van der Waals surface area (Å²) in [5.74, 6) is -1.37. The predicted molar refractivity (Wildman–Crippen MR) is 63.7 cm³/mol. The lowest BCUT2D eigenvalue weighted by molar-refractivity contribution is -0.528. The zero-order valence-electron chi connectivity index (χ0n) is 9.63. The van der Waals surface area contributed by atoms with E-state index in [-0.39, 0.29) is 17.3 Å². The van der Waals surface area contributed by atoms with Crippen molar-refractivity contribution in [1.29, 1.82) is 0 Å². The Kier molecular flexibility index (Phi) is 2.64. The Bertz CT molecular complexity index is 700. The summed E-state index contributed by atoms with van der Waals surface area (Å²) in [6, 6.07) is 3.19. The summed E-state index contributed by atoms with van der Waals surface area (Å²) in [5, 5.41) is 27.5. The van der Waals surface area contributed by atoms with Gasteiger partial charge in [0.05, 0.1) is 6.26 Å². The van der Waals surface area contributed by atoms with E-state index in [1.165, 1.54) is 11.7 Å². The second-order valence-corrected chi connectivity index (χ2v) is 3.73. The Morgan fingerprint density at radius 1 is 1.40 bits per heavy atom. The van der Waals surface area contributed by atoms with E-state index in [2.05, 4.69) is 25.6 Å². The molecule has 0 fully saturated rings. The molecule has 11 heteroatoms. The summed E-state index contributed by atoms with van der Waals surface area (Å²) in [7, 11) is 0. The topological polar surface area (TPSA) is 147 Å². The molecular weight excluding hydrogens is 270 g/mol. The van der Waals surface area contributed by atoms with Crippen LogP contribution in [0.3, 0.4) is 0 Å². The van der Waals surface area contributed by atoms with Crippen LogP contribution in [-0.2, 0) is 4.79 Å². The first-order chi connectivity index (χ1) is 9.66. The Hall–Kier alpha value is -3.24. The van der Waals surface area contributed by atoms with Gasteiger partial charge in [-0.25, -0.2) is 10.1 Å². The van der Waals surface area contributed by atoms with Gasteiger partial charge in [-0.05, 0) is 17.4 Å². The molecule has 3 heterocycles. The highest BCUT2D eigenvalue weighted by Crippen LogP contribution is 2.27. The number of hydrogen-bond donors (Lipinski definition) is 1. The molecule has 0 bridgehead atoms. The van der Waals surface area contributed by atoms with Crippen molar-refractivity contribution in [3.8, 4) is 0 Å². The average molecular weight is 275 g/mol. The first-order valence-corrected chi connectivity index (χ1v) is 5.30. The first-order valence-electron chi connectivity index (χ1n) is 5.30. The molecule has 1 N–H and O–H groups in total. The van der Waals surface area contributed by atoms with Crippen molar-refractivity contribution in [2.45, 2.75) is 5.92 Å². The van der Waals surface area contributed by atoms with E-state index in [1.54, 1.807) is 12.1 Å². The van der Waals surface area contributed by atoms with E-state index in [0.717, 1.165) is 0 Å². The summed E-state index contributed by atoms with van der Waals surface area (Å²) in [6.07, 6.45) is 1.40. The maximum absolute atomic E-state index is 11.8. The van der Waals surface area contributed by atoms with Crippen LogP contribution in [0.2, 0.25) is 0 Å². The molecule has 1 aromatic heterocycles. The molecule has 2 aliphatic rings. The first kappa shape index (κ1) is 11.8. The second kappa shape index (κ2) is 4.46. The molecule has 1 unspecified atom stereocenters. The minimum atomic E-state index is -1.01. The number of furan rings is 1. The minimum absolute atomic E-state index is 0.143. The lowest BCUT2D eigenvalue weighted by Crippen LogP contribution is -2.42. The highest BCUT2D eigenvalue weighted by molar-refractivity contribution is 6.56. The molecule has 1 amide bonds. The molecule has 100 valence electrons. The number of hydrogen-bond acceptors (Lipinski definition) is 9. The summed E-state index contributed by atoms with van der Waals surface area (Å²) in [5.41, 5.74) is 1.55. The number of nitro groups is 1. The quantitative estimate of drug-likeness (QED) is 0.622. The lowest BCUT2D eigenvalue weighted by atomic mass is 9.92. The number of rotatable bonds is 3. The van der Waals surface area contributed by atoms with Gasteiger partial charge < -0.3 is 4.42 Å². The number of amides is 1. The Balaban J connectivity index is 2.02. The number of amidine groups is 1. The monoisotopic (exact) mass is 275 g/mol. The van der Waals surface area contributed by atoms with E-state index >= 15 is 0 Å². The van der Waals surface area contributed by atoms with Crippen LogP contribution in [0.4, 0.5) is 0 Å². The standard InChI is InChI=1S/C9H5N7O4/c17-9(14-16(18)19)7-5(4-2-1-3-20-4)6-8(12-10-7)13-15-11-6/h1-3,5H,(H,14,17). The third-order valence-corrected chi connectivity index (χ3v) is 2.57. The molecule has 0 spiro atoms. The SMILES string of the molecule is O=C(N[N+](=O)[O-])C1=NN=C2N=NN=C2C1c1ccco1. The fourth-order valence-corrected chi connectivity index (χ4v) is 1.80. The molecule has 1 atom stereocenters. The van der Waals surface area contributed by atoms with Crippen molar-refractivity contribution < 1.29 is 14.2 Å². The molecule has 0 saturated carbocycles. The zero-order chi connectivity index (χ0) is 14.1. The van der Waals surface area contributed by atoms with E-state index < -0.39 is 16.9 Å². The van der Waals surface area contributed by atoms with Crippen LogP contribution in [0.1, 0.15) is 11.7 Å². The largest absolute Gasteiger partial charge is 0.468 e. The molecular formula is C9H5N7O4. The van der Waals surface area contributed by atoms with Crippen molar-refractivity contribution in [3.63, 3.8) is 0 Å². The lowest BCUT2D eigenvalue weighted by Gasteiger charge is -2.16. The molecule has 0 radical (unpaired) electrons. The van der Waals surface area contributed by atoms with Gasteiger partial charge in [0.1, 0.15) is 17.4 Å². The van der Waals surface area contributed by atoms with Gasteiger partial charge in [0.15, 0.2) is 10.7 Å². The fourth-order valence-electron chi connectivity index (χ4n) is 1.80. The smallest absolute Gasteiger partial charge is 0.327 e. The van der Waals surface area contributed by atoms with Gasteiger partial charge in [0.2, 0.25) is 5.84 Å². The third kappa shape index (κ3) is 1.86. The van der Waals surface area contributed by atoms with Crippen molar-refractivity contribution in [2.24, 2.45) is 25.6 Å². The second-order valence-electron chi connectivity index (χ2n) is 3.73. The Labute approximate surface area is 109 Å². The molecule has 0 saturated heterocycles. The molecule has 0 aromatic carbocycles. The zero-order valence-corrected chi connectivity index (χ0v) is 9.63. The number of fused-ring (bicyclic) bond motifs is 1. The van der Waals surface area contributed by atoms with Gasteiger partial charge in [-0.2, -0.15) is 0 Å². The van der Waals surface area contributed by atoms with Crippen LogP contribution < -0.4 is 5.43 Å². The van der Waals surface area contributed by atoms with Crippen LogP contribution >= 0.6 is 0 Å².